The second-order valence-electron chi connectivity index (χ2n) is 10.2. The molecule has 32 heavy (non-hydrogen) atoms. The van der Waals surface area contributed by atoms with Crippen LogP contribution in [0.15, 0.2) is 90.2 Å². The van der Waals surface area contributed by atoms with Gasteiger partial charge in [-0.25, -0.2) is 0 Å². The fourth-order valence-corrected chi connectivity index (χ4v) is 4.23. The van der Waals surface area contributed by atoms with Crippen LogP contribution in [0.4, 0.5) is 0 Å². The minimum atomic E-state index is -0.0472. The van der Waals surface area contributed by atoms with Crippen LogP contribution in [0.5, 0.6) is 0 Å². The van der Waals surface area contributed by atoms with E-state index in [1.165, 1.54) is 16.7 Å². The third-order valence-corrected chi connectivity index (χ3v) is 6.55. The van der Waals surface area contributed by atoms with Crippen molar-refractivity contribution in [1.82, 2.24) is 5.32 Å². The van der Waals surface area contributed by atoms with Crippen molar-refractivity contribution in [3.05, 3.63) is 101 Å². The van der Waals surface area contributed by atoms with Gasteiger partial charge in [-0.05, 0) is 52.7 Å². The van der Waals surface area contributed by atoms with Gasteiger partial charge < -0.3 is 10.7 Å². The molecule has 2 nitrogen and oxygen atoms in total. The van der Waals surface area contributed by atoms with E-state index in [4.69, 9.17) is 5.41 Å². The lowest BCUT2D eigenvalue weighted by Gasteiger charge is -2.34. The van der Waals surface area contributed by atoms with Gasteiger partial charge in [0.25, 0.3) is 0 Å². The molecule has 0 saturated carbocycles. The van der Waals surface area contributed by atoms with E-state index in [1.807, 2.05) is 18.4 Å². The standard InChI is InChI=1S/C30H38N2/c1-7-9-28(23-12-10-22(8-2)11-13-23)32-21-24-20-26(14-15-27(24)31)30(6)18-16-25(17-19-30)29(3,4)5/h8,10-18,20-21,28,31-32H,2,7,9,19H2,1,3-6H3/b24-21-,31-27?. The lowest BCUT2D eigenvalue weighted by Crippen LogP contribution is -2.22. The zero-order valence-corrected chi connectivity index (χ0v) is 20.3. The van der Waals surface area contributed by atoms with E-state index in [1.54, 1.807) is 0 Å². The molecular weight excluding hydrogens is 388 g/mol. The van der Waals surface area contributed by atoms with Gasteiger partial charge >= 0.3 is 0 Å². The fourth-order valence-electron chi connectivity index (χ4n) is 4.23. The normalized spacial score (nSPS) is 23.0. The van der Waals surface area contributed by atoms with Gasteiger partial charge in [-0.1, -0.05) is 102 Å². The molecule has 0 heterocycles. The highest BCUT2D eigenvalue weighted by atomic mass is 14.9. The molecule has 0 spiro atoms. The summed E-state index contributed by atoms with van der Waals surface area (Å²) in [5.41, 5.74) is 6.65. The average molecular weight is 427 g/mol. The maximum atomic E-state index is 8.45. The maximum absolute atomic E-state index is 8.45. The molecule has 0 fully saturated rings. The van der Waals surface area contributed by atoms with Crippen LogP contribution < -0.4 is 5.32 Å². The summed E-state index contributed by atoms with van der Waals surface area (Å²) in [6, 6.07) is 8.79. The minimum Gasteiger partial charge on any atom is -0.384 e. The van der Waals surface area contributed by atoms with Crippen molar-refractivity contribution in [3.63, 3.8) is 0 Å². The van der Waals surface area contributed by atoms with Crippen molar-refractivity contribution in [1.29, 1.82) is 5.41 Å². The molecule has 0 bridgehead atoms. The highest BCUT2D eigenvalue weighted by Crippen LogP contribution is 2.42. The van der Waals surface area contributed by atoms with E-state index < -0.39 is 0 Å². The molecule has 0 aromatic heterocycles. The van der Waals surface area contributed by atoms with Crippen LogP contribution in [-0.4, -0.2) is 5.71 Å². The predicted octanol–water partition coefficient (Wildman–Crippen LogP) is 8.10. The molecule has 2 aliphatic rings. The maximum Gasteiger partial charge on any atom is 0.0626 e. The van der Waals surface area contributed by atoms with Crippen molar-refractivity contribution >= 4 is 11.8 Å². The van der Waals surface area contributed by atoms with Crippen LogP contribution in [0.2, 0.25) is 0 Å². The number of rotatable bonds is 7. The summed E-state index contributed by atoms with van der Waals surface area (Å²) < 4.78 is 0. The van der Waals surface area contributed by atoms with Crippen LogP contribution in [0.3, 0.4) is 0 Å². The summed E-state index contributed by atoms with van der Waals surface area (Å²) >= 11 is 0. The number of allylic oxidation sites excluding steroid dienone is 9. The first-order valence-electron chi connectivity index (χ1n) is 11.7. The Hall–Kier alpha value is -2.87. The van der Waals surface area contributed by atoms with Gasteiger partial charge in [0.15, 0.2) is 0 Å². The summed E-state index contributed by atoms with van der Waals surface area (Å²) in [5.74, 6) is 0. The highest BCUT2D eigenvalue weighted by Gasteiger charge is 2.29. The quantitative estimate of drug-likeness (QED) is 0.454. The van der Waals surface area contributed by atoms with Crippen LogP contribution in [0.1, 0.15) is 71.0 Å². The highest BCUT2D eigenvalue weighted by molar-refractivity contribution is 6.09. The van der Waals surface area contributed by atoms with Gasteiger partial charge in [-0.3, -0.25) is 0 Å². The Morgan fingerprint density at radius 2 is 1.88 bits per heavy atom. The van der Waals surface area contributed by atoms with Gasteiger partial charge in [-0.2, -0.15) is 0 Å². The zero-order chi connectivity index (χ0) is 23.4. The minimum absolute atomic E-state index is 0.0472. The second kappa shape index (κ2) is 9.73. The number of nitrogens with one attached hydrogen (secondary N) is 2. The molecular formula is C30H38N2. The number of hydrogen-bond donors (Lipinski definition) is 2. The number of hydrogen-bond acceptors (Lipinski definition) is 2. The predicted molar refractivity (Wildman–Crippen MR) is 140 cm³/mol. The monoisotopic (exact) mass is 426 g/mol. The Kier molecular flexibility index (Phi) is 7.23. The molecule has 0 aliphatic heterocycles. The van der Waals surface area contributed by atoms with E-state index in [0.29, 0.717) is 5.71 Å². The molecule has 168 valence electrons. The SMILES string of the molecule is C=Cc1ccc(C(CCC)N/C=C2/C=C(C3(C)C=CC(C(C)(C)C)=CC3)C=CC2=N)cc1. The summed E-state index contributed by atoms with van der Waals surface area (Å²) in [6.07, 6.45) is 20.2. The van der Waals surface area contributed by atoms with Crippen LogP contribution in [-0.2, 0) is 0 Å². The lowest BCUT2D eigenvalue weighted by atomic mass is 9.71. The van der Waals surface area contributed by atoms with Crippen molar-refractivity contribution in [2.75, 3.05) is 0 Å². The smallest absolute Gasteiger partial charge is 0.0626 e. The molecule has 3 rings (SSSR count). The van der Waals surface area contributed by atoms with Gasteiger partial charge in [0, 0.05) is 17.2 Å². The Morgan fingerprint density at radius 1 is 1.16 bits per heavy atom. The van der Waals surface area contributed by atoms with Gasteiger partial charge in [-0.15, -0.1) is 0 Å². The molecule has 2 unspecified atom stereocenters. The summed E-state index contributed by atoms with van der Waals surface area (Å²) in [4.78, 5) is 0. The van der Waals surface area contributed by atoms with Gasteiger partial charge in [0.05, 0.1) is 11.8 Å². The van der Waals surface area contributed by atoms with Crippen LogP contribution >= 0.6 is 0 Å². The molecule has 0 amide bonds. The first-order valence-corrected chi connectivity index (χ1v) is 11.7. The third kappa shape index (κ3) is 5.48. The summed E-state index contributed by atoms with van der Waals surface area (Å²) in [5, 5.41) is 12.1. The van der Waals surface area contributed by atoms with Gasteiger partial charge in [0.2, 0.25) is 0 Å². The van der Waals surface area contributed by atoms with Crippen molar-refractivity contribution in [2.45, 2.75) is 59.9 Å². The molecule has 0 saturated heterocycles. The first kappa shape index (κ1) is 23.8. The van der Waals surface area contributed by atoms with E-state index >= 15 is 0 Å². The fraction of sp³-hybridized carbons (Fsp3) is 0.367. The van der Waals surface area contributed by atoms with Crippen LogP contribution in [0, 0.1) is 16.2 Å². The third-order valence-electron chi connectivity index (χ3n) is 6.55. The lowest BCUT2D eigenvalue weighted by molar-refractivity contribution is 0.479. The molecule has 2 atom stereocenters. The van der Waals surface area contributed by atoms with Crippen molar-refractivity contribution in [2.24, 2.45) is 10.8 Å². The second-order valence-corrected chi connectivity index (χ2v) is 10.2. The largest absolute Gasteiger partial charge is 0.384 e. The Labute approximate surface area is 194 Å². The molecule has 2 N–H and O–H groups in total. The Morgan fingerprint density at radius 3 is 2.44 bits per heavy atom. The molecule has 2 aliphatic carbocycles. The number of benzene rings is 1. The van der Waals surface area contributed by atoms with Crippen molar-refractivity contribution in [3.8, 4) is 0 Å². The topological polar surface area (TPSA) is 35.9 Å². The van der Waals surface area contributed by atoms with E-state index in [9.17, 15) is 0 Å². The van der Waals surface area contributed by atoms with Crippen molar-refractivity contribution < 1.29 is 0 Å². The average Bonchev–Trinajstić information content (AvgIpc) is 2.77. The van der Waals surface area contributed by atoms with E-state index in [2.05, 4.69) is 101 Å². The summed E-state index contributed by atoms with van der Waals surface area (Å²) in [6.45, 7) is 15.1. The molecule has 2 heteroatoms. The first-order chi connectivity index (χ1) is 15.2. The van der Waals surface area contributed by atoms with E-state index in [-0.39, 0.29) is 16.9 Å². The zero-order valence-electron chi connectivity index (χ0n) is 20.3. The van der Waals surface area contributed by atoms with E-state index in [0.717, 1.165) is 30.4 Å². The Balaban J connectivity index is 1.81. The summed E-state index contributed by atoms with van der Waals surface area (Å²) in [7, 11) is 0. The molecule has 1 aromatic carbocycles. The molecule has 0 radical (unpaired) electrons. The molecule has 1 aromatic rings. The Bertz CT molecular complexity index is 1010. The van der Waals surface area contributed by atoms with Crippen LogP contribution in [0.25, 0.3) is 6.08 Å². The van der Waals surface area contributed by atoms with Gasteiger partial charge in [0.1, 0.15) is 0 Å².